The van der Waals surface area contributed by atoms with E-state index >= 15 is 0 Å². The number of carbonyl (C=O) groups is 3. The summed E-state index contributed by atoms with van der Waals surface area (Å²) < 4.78 is 0. The van der Waals surface area contributed by atoms with Crippen LogP contribution < -0.4 is 5.32 Å². The van der Waals surface area contributed by atoms with E-state index in [1.165, 1.54) is 13.1 Å². The Labute approximate surface area is 160 Å². The van der Waals surface area contributed by atoms with Crippen LogP contribution in [0, 0.1) is 0 Å². The van der Waals surface area contributed by atoms with Crippen molar-refractivity contribution in [2.75, 3.05) is 7.05 Å². The summed E-state index contributed by atoms with van der Waals surface area (Å²) in [7, 11) is 1.35. The third-order valence-corrected chi connectivity index (χ3v) is 4.91. The molecule has 4 rings (SSSR count). The molecule has 0 spiro atoms. The first-order valence-electron chi connectivity index (χ1n) is 8.56. The van der Waals surface area contributed by atoms with Crippen molar-refractivity contribution < 1.29 is 34.8 Å². The van der Waals surface area contributed by atoms with E-state index in [1.54, 1.807) is 24.3 Å². The largest absolute Gasteiger partial charge is 0.465 e. The van der Waals surface area contributed by atoms with Gasteiger partial charge in [0.1, 0.15) is 6.10 Å². The summed E-state index contributed by atoms with van der Waals surface area (Å²) in [5.41, 5.74) is 2.38. The lowest BCUT2D eigenvalue weighted by atomic mass is 9.79. The zero-order valence-corrected chi connectivity index (χ0v) is 15.0. The molecule has 8 nitrogen and oxygen atoms in total. The van der Waals surface area contributed by atoms with Crippen LogP contribution in [-0.2, 0) is 13.0 Å². The number of aliphatic hydroxyl groups excluding tert-OH is 3. The van der Waals surface area contributed by atoms with Crippen LogP contribution in [0.1, 0.15) is 54.6 Å². The molecule has 2 aromatic rings. The number of aliphatic hydroxyl groups is 3. The molecule has 0 aromatic heterocycles. The first kappa shape index (κ1) is 19.7. The summed E-state index contributed by atoms with van der Waals surface area (Å²) in [5.74, 6) is -0.555. The summed E-state index contributed by atoms with van der Waals surface area (Å²) in [5, 5.41) is 39.2. The minimum absolute atomic E-state index is 0.0911. The minimum Gasteiger partial charge on any atom is -0.465 e. The zero-order valence-electron chi connectivity index (χ0n) is 15.0. The van der Waals surface area contributed by atoms with Gasteiger partial charge in [-0.3, -0.25) is 9.59 Å². The molecular weight excluding hydrogens is 366 g/mol. The first-order chi connectivity index (χ1) is 13.3. The molecule has 2 atom stereocenters. The van der Waals surface area contributed by atoms with Gasteiger partial charge in [0.15, 0.2) is 11.6 Å². The van der Waals surface area contributed by atoms with Crippen molar-refractivity contribution in [3.63, 3.8) is 0 Å². The molecule has 0 radical (unpaired) electrons. The fourth-order valence-electron chi connectivity index (χ4n) is 3.64. The van der Waals surface area contributed by atoms with Crippen LogP contribution in [0.5, 0.6) is 0 Å². The van der Waals surface area contributed by atoms with Gasteiger partial charge in [-0.25, -0.2) is 4.79 Å². The third kappa shape index (κ3) is 3.07. The molecule has 146 valence electrons. The summed E-state index contributed by atoms with van der Waals surface area (Å²) >= 11 is 0. The van der Waals surface area contributed by atoms with Gasteiger partial charge in [-0.2, -0.15) is 0 Å². The normalized spacial score (nSPS) is 19.1. The number of carbonyl (C=O) groups excluding carboxylic acids is 2. The number of amides is 1. The Bertz CT molecular complexity index is 983. The summed E-state index contributed by atoms with van der Waals surface area (Å²) in [6.07, 6.45) is -3.10. The van der Waals surface area contributed by atoms with Gasteiger partial charge < -0.3 is 25.7 Å². The smallest absolute Gasteiger partial charge is 0.404 e. The molecule has 8 heteroatoms. The average molecular weight is 385 g/mol. The lowest BCUT2D eigenvalue weighted by Gasteiger charge is -2.22. The van der Waals surface area contributed by atoms with Crippen LogP contribution in [0.2, 0.25) is 0 Å². The highest BCUT2D eigenvalue weighted by atomic mass is 16.4. The third-order valence-electron chi connectivity index (χ3n) is 4.91. The van der Waals surface area contributed by atoms with Crippen LogP contribution in [-0.4, -0.2) is 51.2 Å². The van der Waals surface area contributed by atoms with E-state index in [2.05, 4.69) is 0 Å². The van der Waals surface area contributed by atoms with Gasteiger partial charge in [-0.05, 0) is 22.8 Å². The van der Waals surface area contributed by atoms with E-state index in [4.69, 9.17) is 5.11 Å². The second kappa shape index (κ2) is 7.51. The van der Waals surface area contributed by atoms with E-state index < -0.39 is 18.3 Å². The van der Waals surface area contributed by atoms with Gasteiger partial charge in [0, 0.05) is 35.7 Å². The Morgan fingerprint density at radius 3 is 2.21 bits per heavy atom. The molecule has 2 unspecified atom stereocenters. The van der Waals surface area contributed by atoms with E-state index in [-0.39, 0.29) is 35.7 Å². The molecule has 28 heavy (non-hydrogen) atoms. The fraction of sp³-hybridized carbons (Fsp3) is 0.250. The number of nitrogens with one attached hydrogen (secondary N) is 1. The second-order valence-electron chi connectivity index (χ2n) is 6.48. The predicted molar refractivity (Wildman–Crippen MR) is 97.4 cm³/mol. The molecular formula is C20H19NO7. The molecule has 2 aliphatic rings. The Kier molecular flexibility index (Phi) is 5.28. The van der Waals surface area contributed by atoms with Gasteiger partial charge in [0.25, 0.3) is 0 Å². The molecule has 2 aromatic carbocycles. The topological polar surface area (TPSA) is 144 Å². The van der Waals surface area contributed by atoms with E-state index in [0.29, 0.717) is 27.8 Å². The zero-order chi connectivity index (χ0) is 20.6. The molecule has 0 heterocycles. The Morgan fingerprint density at radius 2 is 1.68 bits per heavy atom. The van der Waals surface area contributed by atoms with Crippen molar-refractivity contribution in [1.29, 1.82) is 0 Å². The number of benzene rings is 2. The van der Waals surface area contributed by atoms with Crippen molar-refractivity contribution in [1.82, 2.24) is 5.32 Å². The molecule has 2 aliphatic carbocycles. The Morgan fingerprint density at radius 1 is 1.11 bits per heavy atom. The highest BCUT2D eigenvalue weighted by molar-refractivity contribution is 6.29. The lowest BCUT2D eigenvalue weighted by molar-refractivity contribution is 0.0317. The number of hydrogen-bond acceptors (Lipinski definition) is 6. The number of carboxylic acid groups (broad SMARTS) is 1. The van der Waals surface area contributed by atoms with E-state index in [0.717, 1.165) is 0 Å². The number of ketones is 2. The van der Waals surface area contributed by atoms with Crippen molar-refractivity contribution >= 4 is 17.7 Å². The Hall–Kier alpha value is -3.07. The number of hydrogen-bond donors (Lipinski definition) is 5. The SMILES string of the molecule is CNC(=O)O.O=C1c2ccccc2C(=O)c2c1cc(CO)c1c2CC(O)C1O. The van der Waals surface area contributed by atoms with Crippen LogP contribution in [0.4, 0.5) is 4.79 Å². The monoisotopic (exact) mass is 385 g/mol. The van der Waals surface area contributed by atoms with Crippen molar-refractivity contribution in [2.24, 2.45) is 0 Å². The average Bonchev–Trinajstić information content (AvgIpc) is 3.00. The fourth-order valence-corrected chi connectivity index (χ4v) is 3.64. The quantitative estimate of drug-likeness (QED) is 0.416. The maximum Gasteiger partial charge on any atom is 0.404 e. The van der Waals surface area contributed by atoms with Crippen molar-refractivity contribution in [3.05, 3.63) is 69.3 Å². The molecule has 1 amide bonds. The number of fused-ring (bicyclic) bond motifs is 4. The minimum atomic E-state index is -1.16. The van der Waals surface area contributed by atoms with Gasteiger partial charge in [0.2, 0.25) is 0 Å². The van der Waals surface area contributed by atoms with Crippen LogP contribution in [0.25, 0.3) is 0 Å². The molecule has 0 saturated carbocycles. The summed E-state index contributed by atoms with van der Waals surface area (Å²) in [4.78, 5) is 34.8. The molecule has 5 N–H and O–H groups in total. The van der Waals surface area contributed by atoms with Crippen molar-refractivity contribution in [3.8, 4) is 0 Å². The van der Waals surface area contributed by atoms with Crippen LogP contribution >= 0.6 is 0 Å². The standard InChI is InChI=1S/C18H14O5.C2H5NO2/c19-7-8-5-12-15(11-6-13(20)18(23)14(8)11)17(22)10-4-2-1-3-9(10)16(12)21;1-3-2(4)5/h1-5,13,18-20,23H,6-7H2;3H,1H3,(H,4,5). The number of rotatable bonds is 1. The molecule has 0 saturated heterocycles. The summed E-state index contributed by atoms with van der Waals surface area (Å²) in [6, 6.07) is 8.07. The van der Waals surface area contributed by atoms with Gasteiger partial charge in [-0.15, -0.1) is 0 Å². The first-order valence-corrected chi connectivity index (χ1v) is 8.56. The van der Waals surface area contributed by atoms with Crippen LogP contribution in [0.3, 0.4) is 0 Å². The highest BCUT2D eigenvalue weighted by Crippen LogP contribution is 2.41. The van der Waals surface area contributed by atoms with Gasteiger partial charge in [-0.1, -0.05) is 24.3 Å². The highest BCUT2D eigenvalue weighted by Gasteiger charge is 2.40. The maximum absolute atomic E-state index is 12.8. The lowest BCUT2D eigenvalue weighted by Crippen LogP contribution is -2.23. The van der Waals surface area contributed by atoms with Crippen molar-refractivity contribution in [2.45, 2.75) is 25.2 Å². The van der Waals surface area contributed by atoms with Gasteiger partial charge >= 0.3 is 6.09 Å². The Balaban J connectivity index is 0.000000403. The predicted octanol–water partition coefficient (Wildman–Crippen LogP) is 0.789. The van der Waals surface area contributed by atoms with Gasteiger partial charge in [0.05, 0.1) is 12.7 Å². The maximum atomic E-state index is 12.8. The van der Waals surface area contributed by atoms with E-state index in [9.17, 15) is 29.7 Å². The van der Waals surface area contributed by atoms with E-state index in [1.807, 2.05) is 5.32 Å². The second-order valence-corrected chi connectivity index (χ2v) is 6.48. The molecule has 0 bridgehead atoms. The molecule has 0 aliphatic heterocycles. The van der Waals surface area contributed by atoms with Crippen LogP contribution in [0.15, 0.2) is 30.3 Å². The molecule has 0 fully saturated rings. The summed E-state index contributed by atoms with van der Waals surface area (Å²) in [6.45, 7) is -0.373.